The molecule has 4 aliphatic rings. The molecule has 0 aliphatic heterocycles. The molecule has 5 heteroatoms. The maximum absolute atomic E-state index is 6.81. The molecule has 2 nitrogen and oxygen atoms in total. The Hall–Kier alpha value is -0.177. The normalized spacial score (nSPS) is 32.8. The summed E-state index contributed by atoms with van der Waals surface area (Å²) in [5.41, 5.74) is 9.69. The Balaban J connectivity index is 0.00000225. The van der Waals surface area contributed by atoms with Crippen LogP contribution in [0.5, 0.6) is 0 Å². The number of rotatable bonds is 6. The Kier molecular flexibility index (Phi) is 19.9. The molecule has 0 bridgehead atoms. The van der Waals surface area contributed by atoms with E-state index in [0.717, 1.165) is 35.5 Å². The molecule has 14 atom stereocenters. The number of methoxy groups -OCH3 is 2. The Morgan fingerprint density at radius 3 is 0.924 bits per heavy atom. The van der Waals surface area contributed by atoms with Crippen LogP contribution in [-0.2, 0) is 52.0 Å². The number of fused-ring (bicyclic) bond motifs is 2. The zero-order valence-electron chi connectivity index (χ0n) is 47.2. The second kappa shape index (κ2) is 21.9. The number of hydrogen-bond acceptors (Lipinski definition) is 2. The van der Waals surface area contributed by atoms with Gasteiger partial charge in [0.15, 0.2) is 0 Å². The van der Waals surface area contributed by atoms with E-state index >= 15 is 0 Å². The zero-order chi connectivity index (χ0) is 48.4. The molecule has 4 fully saturated rings. The SMILES string of the molecule is COC1C(c2cc(C(C)(C)C)cc(C(C)(C)C)c2)C2CC(C)C(CC3C(C)CC4C3CC(C(C)(C)C)C(OC)C4c3cc(C(C)(C)C)cc(C(C)(C)C)c3)C2CC1C(C)(C)C.[CH3-].[CH3-].[Cl][Zr+2][Cl]. The topological polar surface area (TPSA) is 18.5 Å². The number of hydrogen-bond donors (Lipinski definition) is 0. The summed E-state index contributed by atoms with van der Waals surface area (Å²) in [6, 6.07) is 15.5. The van der Waals surface area contributed by atoms with Crippen molar-refractivity contribution in [2.75, 3.05) is 14.2 Å². The molecule has 376 valence electrons. The van der Waals surface area contributed by atoms with Crippen LogP contribution < -0.4 is 0 Å². The Morgan fingerprint density at radius 2 is 0.712 bits per heavy atom. The molecular formula is C61H102Cl2O2Zr. The minimum absolute atomic E-state index is 0. The monoisotopic (exact) mass is 1030 g/mol. The van der Waals surface area contributed by atoms with E-state index in [2.05, 4.69) is 175 Å². The average Bonchev–Trinajstić information content (AvgIpc) is 3.64. The van der Waals surface area contributed by atoms with Gasteiger partial charge in [-0.25, -0.2) is 0 Å². The summed E-state index contributed by atoms with van der Waals surface area (Å²) in [5, 5.41) is 0. The molecule has 4 aliphatic carbocycles. The number of ether oxygens (including phenoxy) is 2. The van der Waals surface area contributed by atoms with Crippen molar-refractivity contribution in [1.82, 2.24) is 0 Å². The van der Waals surface area contributed by atoms with Crippen molar-refractivity contribution < 1.29 is 30.3 Å². The van der Waals surface area contributed by atoms with Crippen molar-refractivity contribution in [1.29, 1.82) is 0 Å². The zero-order valence-corrected chi connectivity index (χ0v) is 51.1. The summed E-state index contributed by atoms with van der Waals surface area (Å²) in [7, 11) is 13.9. The standard InChI is InChI=1S/C59H96O2.2CH3.2ClH.Zr/c1-34-23-46-44(32-48(58(15,16)17)52(60-21)50(46)36-25-38(54(3,4)5)29-39(26-36)55(6,7)8)42(34)31-43-35(2)24-47-45(43)33-49(59(18,19)20)53(61-22)51(47)37-27-40(56(9,10)11)30-41(28-37)57(12,13)14;;;;;/h25-30,34-35,42-53H,23-24,31-33H2,1-22H3;2*1H3;2*1H;/q;2*-1;;;+4/p-2. The summed E-state index contributed by atoms with van der Waals surface area (Å²) in [6.45, 7) is 49.1. The average molecular weight is 1030 g/mol. The predicted octanol–water partition coefficient (Wildman–Crippen LogP) is 18.3. The van der Waals surface area contributed by atoms with Crippen molar-refractivity contribution in [2.45, 2.75) is 216 Å². The van der Waals surface area contributed by atoms with E-state index in [1.807, 2.05) is 14.2 Å². The second-order valence-electron chi connectivity index (χ2n) is 28.3. The van der Waals surface area contributed by atoms with Crippen LogP contribution >= 0.6 is 17.0 Å². The van der Waals surface area contributed by atoms with Crippen LogP contribution in [0.2, 0.25) is 0 Å². The third kappa shape index (κ3) is 12.9. The van der Waals surface area contributed by atoms with E-state index in [-0.39, 0.29) is 59.6 Å². The molecule has 0 radical (unpaired) electrons. The van der Waals surface area contributed by atoms with Crippen LogP contribution in [0, 0.1) is 84.9 Å². The molecule has 4 saturated carbocycles. The molecule has 2 aromatic rings. The van der Waals surface area contributed by atoms with E-state index in [1.54, 1.807) is 11.1 Å². The van der Waals surface area contributed by atoms with Gasteiger partial charge < -0.3 is 24.3 Å². The summed E-state index contributed by atoms with van der Waals surface area (Å²) in [5.74, 6) is 7.53. The molecule has 0 amide bonds. The summed E-state index contributed by atoms with van der Waals surface area (Å²) in [6.07, 6.45) is 7.08. The summed E-state index contributed by atoms with van der Waals surface area (Å²) in [4.78, 5) is 0. The van der Waals surface area contributed by atoms with Gasteiger partial charge in [0.2, 0.25) is 0 Å². The molecule has 0 N–H and O–H groups in total. The third-order valence-electron chi connectivity index (χ3n) is 17.9. The first-order chi connectivity index (χ1) is 29.2. The maximum atomic E-state index is 6.81. The number of benzene rings is 2. The van der Waals surface area contributed by atoms with Gasteiger partial charge in [0, 0.05) is 26.1 Å². The first-order valence-corrected chi connectivity index (χ1v) is 31.9. The van der Waals surface area contributed by atoms with E-state index < -0.39 is 20.8 Å². The van der Waals surface area contributed by atoms with E-state index in [1.165, 1.54) is 54.4 Å². The molecule has 0 heterocycles. The van der Waals surface area contributed by atoms with Gasteiger partial charge in [-0.2, -0.15) is 0 Å². The molecule has 6 rings (SSSR count). The van der Waals surface area contributed by atoms with Crippen LogP contribution in [0.3, 0.4) is 0 Å². The Labute approximate surface area is 429 Å². The minimum atomic E-state index is -0.826. The number of halogens is 2. The first-order valence-electron chi connectivity index (χ1n) is 25.5. The van der Waals surface area contributed by atoms with Crippen LogP contribution in [-0.4, -0.2) is 26.4 Å². The Morgan fingerprint density at radius 1 is 0.455 bits per heavy atom. The Bertz CT molecular complexity index is 1660. The van der Waals surface area contributed by atoms with Crippen LogP contribution in [0.1, 0.15) is 216 Å². The molecule has 2 aromatic carbocycles. The molecular weight excluding hydrogens is 927 g/mol. The van der Waals surface area contributed by atoms with E-state index in [9.17, 15) is 0 Å². The summed E-state index contributed by atoms with van der Waals surface area (Å²) < 4.78 is 13.6. The molecule has 14 unspecified atom stereocenters. The van der Waals surface area contributed by atoms with Gasteiger partial charge in [-0.3, -0.25) is 0 Å². The van der Waals surface area contributed by atoms with Crippen molar-refractivity contribution >= 4 is 17.0 Å². The van der Waals surface area contributed by atoms with Crippen molar-refractivity contribution in [2.24, 2.45) is 70.0 Å². The van der Waals surface area contributed by atoms with Gasteiger partial charge in [0.25, 0.3) is 0 Å². The molecule has 0 spiro atoms. The van der Waals surface area contributed by atoms with E-state index in [4.69, 9.17) is 26.5 Å². The van der Waals surface area contributed by atoms with Crippen molar-refractivity contribution in [3.05, 3.63) is 84.6 Å². The van der Waals surface area contributed by atoms with Gasteiger partial charge in [0.1, 0.15) is 0 Å². The van der Waals surface area contributed by atoms with E-state index in [0.29, 0.717) is 35.5 Å². The van der Waals surface area contributed by atoms with Crippen LogP contribution in [0.25, 0.3) is 0 Å². The van der Waals surface area contributed by atoms with Crippen molar-refractivity contribution in [3.63, 3.8) is 0 Å². The molecule has 66 heavy (non-hydrogen) atoms. The van der Waals surface area contributed by atoms with Gasteiger partial charge >= 0.3 is 37.9 Å². The first kappa shape index (κ1) is 60.1. The quantitative estimate of drug-likeness (QED) is 0.269. The van der Waals surface area contributed by atoms with Crippen LogP contribution in [0.15, 0.2) is 36.4 Å². The fourth-order valence-electron chi connectivity index (χ4n) is 14.1. The fraction of sp³-hybridized carbons (Fsp3) is 0.770. The molecule has 0 saturated heterocycles. The second-order valence-corrected chi connectivity index (χ2v) is 32.0. The van der Waals surface area contributed by atoms with Gasteiger partial charge in [-0.1, -0.05) is 175 Å². The van der Waals surface area contributed by atoms with Crippen molar-refractivity contribution in [3.8, 4) is 0 Å². The predicted molar refractivity (Wildman–Crippen MR) is 288 cm³/mol. The molecule has 0 aromatic heterocycles. The fourth-order valence-corrected chi connectivity index (χ4v) is 14.1. The van der Waals surface area contributed by atoms with Gasteiger partial charge in [0.05, 0.1) is 12.2 Å². The summed E-state index contributed by atoms with van der Waals surface area (Å²) >= 11 is -0.826. The van der Waals surface area contributed by atoms with Gasteiger partial charge in [-0.15, -0.1) is 0 Å². The van der Waals surface area contributed by atoms with Gasteiger partial charge in [-0.05, 0) is 157 Å². The van der Waals surface area contributed by atoms with Crippen LogP contribution in [0.4, 0.5) is 0 Å². The third-order valence-corrected chi connectivity index (χ3v) is 17.9.